The van der Waals surface area contributed by atoms with Gasteiger partial charge in [-0.1, -0.05) is 0 Å². The molecule has 0 fully saturated rings. The van der Waals surface area contributed by atoms with E-state index in [-0.39, 0.29) is 5.78 Å². The van der Waals surface area contributed by atoms with E-state index in [1.54, 1.807) is 31.7 Å². The number of H-pyrrole nitrogens is 1. The molecule has 4 nitrogen and oxygen atoms in total. The Bertz CT molecular complexity index is 777. The van der Waals surface area contributed by atoms with Crippen molar-refractivity contribution in [3.63, 3.8) is 0 Å². The third kappa shape index (κ3) is 2.36. The zero-order valence-corrected chi connectivity index (χ0v) is 11.9. The molecule has 0 unspecified atom stereocenters. The van der Waals surface area contributed by atoms with Crippen molar-refractivity contribution in [2.24, 2.45) is 0 Å². The fourth-order valence-electron chi connectivity index (χ4n) is 2.61. The van der Waals surface area contributed by atoms with E-state index in [9.17, 15) is 4.79 Å². The summed E-state index contributed by atoms with van der Waals surface area (Å²) in [4.78, 5) is 23.5. The third-order valence-corrected chi connectivity index (χ3v) is 3.48. The molecular weight excluding hydrogens is 262 g/mol. The lowest BCUT2D eigenvalue weighted by Gasteiger charge is -2.06. The number of rotatable bonds is 3. The van der Waals surface area contributed by atoms with Crippen molar-refractivity contribution in [2.75, 3.05) is 0 Å². The first-order chi connectivity index (χ1) is 10.2. The molecule has 0 saturated carbocycles. The second kappa shape index (κ2) is 5.32. The number of nitrogens with one attached hydrogen (secondary N) is 1. The minimum atomic E-state index is 0.0517. The minimum absolute atomic E-state index is 0.0517. The van der Waals surface area contributed by atoms with Crippen LogP contribution in [0.2, 0.25) is 0 Å². The summed E-state index contributed by atoms with van der Waals surface area (Å²) in [6.07, 6.45) is 6.96. The van der Waals surface area contributed by atoms with Crippen molar-refractivity contribution < 1.29 is 4.79 Å². The van der Waals surface area contributed by atoms with Crippen molar-refractivity contribution in [1.82, 2.24) is 15.0 Å². The number of aryl methyl sites for hydroxylation is 1. The van der Waals surface area contributed by atoms with Gasteiger partial charge in [0.25, 0.3) is 0 Å². The van der Waals surface area contributed by atoms with E-state index in [0.717, 1.165) is 33.6 Å². The summed E-state index contributed by atoms with van der Waals surface area (Å²) in [5.41, 5.74) is 5.45. The Morgan fingerprint density at radius 1 is 0.952 bits per heavy atom. The van der Waals surface area contributed by atoms with Gasteiger partial charge in [-0.3, -0.25) is 14.8 Å². The second-order valence-electron chi connectivity index (χ2n) is 4.90. The number of aromatic nitrogens is 3. The molecule has 0 aliphatic heterocycles. The number of Topliss-reactive ketones (excluding diaryl/α,β-unsaturated/α-hetero) is 1. The normalized spacial score (nSPS) is 10.6. The van der Waals surface area contributed by atoms with Gasteiger partial charge in [-0.15, -0.1) is 0 Å². The molecule has 0 bridgehead atoms. The summed E-state index contributed by atoms with van der Waals surface area (Å²) < 4.78 is 0. The first-order valence-electron chi connectivity index (χ1n) is 6.72. The van der Waals surface area contributed by atoms with Gasteiger partial charge in [-0.25, -0.2) is 0 Å². The zero-order chi connectivity index (χ0) is 14.8. The van der Waals surface area contributed by atoms with E-state index < -0.39 is 0 Å². The molecule has 104 valence electrons. The number of ketones is 1. The molecule has 0 spiro atoms. The lowest BCUT2D eigenvalue weighted by molar-refractivity contribution is 0.101. The molecule has 0 aromatic carbocycles. The summed E-state index contributed by atoms with van der Waals surface area (Å²) in [5.74, 6) is 0.0517. The maximum atomic E-state index is 12.1. The average Bonchev–Trinajstić information content (AvgIpc) is 2.86. The van der Waals surface area contributed by atoms with E-state index in [4.69, 9.17) is 0 Å². The monoisotopic (exact) mass is 277 g/mol. The first kappa shape index (κ1) is 13.2. The van der Waals surface area contributed by atoms with E-state index in [0.29, 0.717) is 0 Å². The Labute approximate surface area is 122 Å². The largest absolute Gasteiger partial charge is 0.357 e. The van der Waals surface area contributed by atoms with Crippen molar-refractivity contribution in [3.05, 3.63) is 60.3 Å². The molecule has 3 aromatic rings. The molecule has 0 atom stereocenters. The van der Waals surface area contributed by atoms with Crippen LogP contribution in [0.3, 0.4) is 0 Å². The standard InChI is InChI=1S/C17H15N3O/c1-11-15(12(2)21)16(13-3-7-18-8-4-13)17(20-11)14-5-9-19-10-6-14/h3-10,20H,1-2H3. The highest BCUT2D eigenvalue weighted by molar-refractivity contribution is 6.05. The summed E-state index contributed by atoms with van der Waals surface area (Å²) in [6, 6.07) is 7.69. The Balaban J connectivity index is 2.32. The van der Waals surface area contributed by atoms with Gasteiger partial charge in [-0.05, 0) is 43.7 Å². The zero-order valence-electron chi connectivity index (χ0n) is 11.9. The molecule has 0 radical (unpaired) electrons. The number of pyridine rings is 2. The van der Waals surface area contributed by atoms with Crippen molar-refractivity contribution >= 4 is 5.78 Å². The summed E-state index contributed by atoms with van der Waals surface area (Å²) in [7, 11) is 0. The number of carbonyl (C=O) groups is 1. The van der Waals surface area contributed by atoms with Crippen LogP contribution >= 0.6 is 0 Å². The molecule has 0 aliphatic rings. The summed E-state index contributed by atoms with van der Waals surface area (Å²) in [5, 5.41) is 0. The number of aromatic amines is 1. The number of hydrogen-bond donors (Lipinski definition) is 1. The topological polar surface area (TPSA) is 58.6 Å². The smallest absolute Gasteiger partial charge is 0.162 e. The quantitative estimate of drug-likeness (QED) is 0.743. The first-order valence-corrected chi connectivity index (χ1v) is 6.72. The van der Waals surface area contributed by atoms with Gasteiger partial charge >= 0.3 is 0 Å². The van der Waals surface area contributed by atoms with Crippen molar-refractivity contribution in [3.8, 4) is 22.4 Å². The van der Waals surface area contributed by atoms with Crippen LogP contribution in [-0.2, 0) is 0 Å². The predicted molar refractivity (Wildman–Crippen MR) is 82.0 cm³/mol. The maximum Gasteiger partial charge on any atom is 0.162 e. The van der Waals surface area contributed by atoms with Gasteiger partial charge in [0.1, 0.15) is 0 Å². The van der Waals surface area contributed by atoms with Crippen LogP contribution < -0.4 is 0 Å². The van der Waals surface area contributed by atoms with Gasteiger partial charge in [0.05, 0.1) is 5.69 Å². The van der Waals surface area contributed by atoms with E-state index >= 15 is 0 Å². The Morgan fingerprint density at radius 2 is 1.48 bits per heavy atom. The fraction of sp³-hybridized carbons (Fsp3) is 0.118. The highest BCUT2D eigenvalue weighted by Gasteiger charge is 2.20. The predicted octanol–water partition coefficient (Wildman–Crippen LogP) is 3.65. The lowest BCUT2D eigenvalue weighted by atomic mass is 9.96. The molecule has 21 heavy (non-hydrogen) atoms. The Hall–Kier alpha value is -2.75. The highest BCUT2D eigenvalue weighted by atomic mass is 16.1. The molecule has 3 rings (SSSR count). The average molecular weight is 277 g/mol. The minimum Gasteiger partial charge on any atom is -0.357 e. The van der Waals surface area contributed by atoms with Crippen LogP contribution in [-0.4, -0.2) is 20.7 Å². The van der Waals surface area contributed by atoms with Crippen molar-refractivity contribution in [2.45, 2.75) is 13.8 Å². The van der Waals surface area contributed by atoms with Crippen LogP contribution in [0.1, 0.15) is 23.0 Å². The van der Waals surface area contributed by atoms with E-state index in [1.807, 2.05) is 31.2 Å². The fourth-order valence-corrected chi connectivity index (χ4v) is 2.61. The van der Waals surface area contributed by atoms with Gasteiger partial charge < -0.3 is 4.98 Å². The molecule has 3 heterocycles. The SMILES string of the molecule is CC(=O)c1c(C)[nH]c(-c2ccncc2)c1-c1ccncc1. The van der Waals surface area contributed by atoms with E-state index in [1.165, 1.54) is 0 Å². The Morgan fingerprint density at radius 3 is 2.00 bits per heavy atom. The van der Waals surface area contributed by atoms with Crippen LogP contribution in [0, 0.1) is 6.92 Å². The number of hydrogen-bond acceptors (Lipinski definition) is 3. The number of nitrogens with zero attached hydrogens (tertiary/aromatic N) is 2. The number of carbonyl (C=O) groups excluding carboxylic acids is 1. The molecular formula is C17H15N3O. The van der Waals surface area contributed by atoms with Crippen LogP contribution in [0.25, 0.3) is 22.4 Å². The molecule has 4 heteroatoms. The molecule has 0 amide bonds. The van der Waals surface area contributed by atoms with E-state index in [2.05, 4.69) is 15.0 Å². The molecule has 3 aromatic heterocycles. The van der Waals surface area contributed by atoms with Crippen LogP contribution in [0.15, 0.2) is 49.1 Å². The lowest BCUT2D eigenvalue weighted by Crippen LogP contribution is -1.95. The van der Waals surface area contributed by atoms with Crippen molar-refractivity contribution in [1.29, 1.82) is 0 Å². The molecule has 1 N–H and O–H groups in total. The molecule has 0 saturated heterocycles. The van der Waals surface area contributed by atoms with Crippen LogP contribution in [0.5, 0.6) is 0 Å². The summed E-state index contributed by atoms with van der Waals surface area (Å²) >= 11 is 0. The molecule has 0 aliphatic carbocycles. The van der Waals surface area contributed by atoms with Crippen LogP contribution in [0.4, 0.5) is 0 Å². The Kier molecular flexibility index (Phi) is 3.36. The summed E-state index contributed by atoms with van der Waals surface area (Å²) in [6.45, 7) is 3.52. The van der Waals surface area contributed by atoms with Gasteiger partial charge in [0.15, 0.2) is 5.78 Å². The van der Waals surface area contributed by atoms with Gasteiger partial charge in [-0.2, -0.15) is 0 Å². The van der Waals surface area contributed by atoms with Gasteiger partial charge in [0, 0.05) is 47.2 Å². The third-order valence-electron chi connectivity index (χ3n) is 3.48. The second-order valence-corrected chi connectivity index (χ2v) is 4.90. The maximum absolute atomic E-state index is 12.1. The highest BCUT2D eigenvalue weighted by Crippen LogP contribution is 2.36. The van der Waals surface area contributed by atoms with Gasteiger partial charge in [0.2, 0.25) is 0 Å².